The summed E-state index contributed by atoms with van der Waals surface area (Å²) in [6.07, 6.45) is 2.87. The molecule has 374 valence electrons. The number of anilines is 2. The number of nitrogens with zero attached hydrogens (tertiary/aromatic N) is 3. The Morgan fingerprint density at radius 3 is 2.28 bits per heavy atom. The molecule has 3 unspecified atom stereocenters. The lowest BCUT2D eigenvalue weighted by atomic mass is 10.0. The number of aliphatic hydroxyl groups is 1. The molecule has 4 heterocycles. The number of amides is 6. The highest BCUT2D eigenvalue weighted by molar-refractivity contribution is 7.89. The van der Waals surface area contributed by atoms with Crippen molar-refractivity contribution in [2.24, 2.45) is 5.92 Å². The van der Waals surface area contributed by atoms with Gasteiger partial charge in [0.1, 0.15) is 37.0 Å². The molecule has 6 aromatic rings. The largest absolute Gasteiger partial charge is 0.492 e. The summed E-state index contributed by atoms with van der Waals surface area (Å²) >= 11 is 1.25. The Bertz CT molecular complexity index is 3070. The molecule has 1 fully saturated rings. The average molecular weight is 1020 g/mol. The van der Waals surface area contributed by atoms with Gasteiger partial charge in [-0.05, 0) is 66.9 Å². The van der Waals surface area contributed by atoms with E-state index in [1.165, 1.54) is 29.8 Å². The minimum atomic E-state index is -3.60. The van der Waals surface area contributed by atoms with Gasteiger partial charge in [0.25, 0.3) is 23.6 Å². The fourth-order valence-electron chi connectivity index (χ4n) is 7.75. The molecule has 6 amide bonds. The van der Waals surface area contributed by atoms with Crippen molar-refractivity contribution in [1.82, 2.24) is 29.8 Å². The summed E-state index contributed by atoms with van der Waals surface area (Å²) in [5, 5.41) is 25.8. The maximum atomic E-state index is 13.5. The van der Waals surface area contributed by atoms with Crippen molar-refractivity contribution in [2.75, 3.05) is 56.3 Å². The molecule has 72 heavy (non-hydrogen) atoms. The van der Waals surface area contributed by atoms with Crippen molar-refractivity contribution in [1.29, 1.82) is 0 Å². The number of nitrogens with one attached hydrogen (secondary N) is 5. The normalized spacial score (nSPS) is 15.8. The smallest absolute Gasteiger partial charge is 0.262 e. The van der Waals surface area contributed by atoms with Gasteiger partial charge in [0, 0.05) is 53.7 Å². The number of aliphatic hydroxyl groups excluding tert-OH is 1. The van der Waals surface area contributed by atoms with E-state index in [9.17, 15) is 42.3 Å². The van der Waals surface area contributed by atoms with Crippen molar-refractivity contribution in [3.8, 4) is 22.8 Å². The summed E-state index contributed by atoms with van der Waals surface area (Å²) in [4.78, 5) is 83.5. The van der Waals surface area contributed by atoms with Gasteiger partial charge in [-0.3, -0.25) is 37.6 Å². The molecule has 2 aliphatic rings. The van der Waals surface area contributed by atoms with Gasteiger partial charge in [-0.1, -0.05) is 48.5 Å². The van der Waals surface area contributed by atoms with Crippen LogP contribution in [0.4, 0.5) is 10.8 Å². The van der Waals surface area contributed by atoms with E-state index in [0.717, 1.165) is 26.3 Å². The first kappa shape index (κ1) is 50.5. The van der Waals surface area contributed by atoms with Crippen LogP contribution in [0.2, 0.25) is 0 Å². The number of fused-ring (bicyclic) bond motifs is 1. The molecule has 0 aliphatic carbocycles. The zero-order valence-electron chi connectivity index (χ0n) is 38.7. The van der Waals surface area contributed by atoms with E-state index in [1.54, 1.807) is 66.7 Å². The molecule has 0 radical (unpaired) electrons. The molecule has 2 aliphatic heterocycles. The number of imide groups is 1. The fraction of sp³-hybridized carbons (Fsp3) is 0.260. The Labute approximate surface area is 417 Å². The van der Waals surface area contributed by atoms with E-state index in [0.29, 0.717) is 40.1 Å². The van der Waals surface area contributed by atoms with Crippen LogP contribution in [-0.2, 0) is 31.0 Å². The van der Waals surface area contributed by atoms with Crippen molar-refractivity contribution in [2.45, 2.75) is 31.7 Å². The molecule has 4 aromatic carbocycles. The van der Waals surface area contributed by atoms with Crippen molar-refractivity contribution < 1.29 is 56.5 Å². The first-order valence-electron chi connectivity index (χ1n) is 22.7. The molecule has 8 rings (SSSR count). The van der Waals surface area contributed by atoms with Gasteiger partial charge in [-0.15, -0.1) is 11.3 Å². The third-order valence-electron chi connectivity index (χ3n) is 11.5. The number of carbonyl (C=O) groups excluding carboxylic acids is 6. The lowest BCUT2D eigenvalue weighted by molar-refractivity contribution is -0.131. The van der Waals surface area contributed by atoms with E-state index in [4.69, 9.17) is 14.2 Å². The fourth-order valence-corrected chi connectivity index (χ4v) is 9.06. The minimum Gasteiger partial charge on any atom is -0.492 e. The average Bonchev–Trinajstić information content (AvgIpc) is 4.13. The Kier molecular flexibility index (Phi) is 16.0. The molecule has 2 aromatic heterocycles. The van der Waals surface area contributed by atoms with Gasteiger partial charge in [-0.25, -0.2) is 13.4 Å². The third kappa shape index (κ3) is 12.7. The third-order valence-corrected chi connectivity index (χ3v) is 13.3. The summed E-state index contributed by atoms with van der Waals surface area (Å²) in [7, 11) is -3.60. The summed E-state index contributed by atoms with van der Waals surface area (Å²) in [6, 6.07) is 28.4. The van der Waals surface area contributed by atoms with Gasteiger partial charge in [-0.2, -0.15) is 0 Å². The van der Waals surface area contributed by atoms with Crippen molar-refractivity contribution in [3.05, 3.63) is 149 Å². The Hall–Kier alpha value is -7.92. The number of rotatable bonds is 22. The number of ether oxygens (including phenoxy) is 3. The summed E-state index contributed by atoms with van der Waals surface area (Å²) in [5.74, 6) is -2.81. The van der Waals surface area contributed by atoms with E-state index < -0.39 is 57.7 Å². The molecular weight excluding hydrogens is 969 g/mol. The van der Waals surface area contributed by atoms with Crippen LogP contribution in [0.3, 0.4) is 0 Å². The number of aromatic nitrogens is 2. The van der Waals surface area contributed by atoms with Crippen LogP contribution in [0.15, 0.2) is 121 Å². The van der Waals surface area contributed by atoms with Crippen molar-refractivity contribution in [3.63, 3.8) is 0 Å². The summed E-state index contributed by atoms with van der Waals surface area (Å²) in [6.45, 7) is 0.869. The highest BCUT2D eigenvalue weighted by Gasteiger charge is 2.44. The Morgan fingerprint density at radius 1 is 0.833 bits per heavy atom. The summed E-state index contributed by atoms with van der Waals surface area (Å²) in [5.41, 5.74) is 3.80. The van der Waals surface area contributed by atoms with Crippen LogP contribution >= 0.6 is 11.3 Å². The number of hydrogen-bond donors (Lipinski definition) is 6. The number of carbonyl (C=O) groups is 6. The monoisotopic (exact) mass is 1020 g/mol. The van der Waals surface area contributed by atoms with Gasteiger partial charge in [0.05, 0.1) is 54.3 Å². The molecule has 6 N–H and O–H groups in total. The van der Waals surface area contributed by atoms with Gasteiger partial charge in [0.2, 0.25) is 21.8 Å². The van der Waals surface area contributed by atoms with Crippen LogP contribution in [0, 0.1) is 5.92 Å². The quantitative estimate of drug-likeness (QED) is 0.0413. The topological polar surface area (TPSA) is 266 Å². The molecule has 1 saturated heterocycles. The molecule has 22 heteroatoms. The van der Waals surface area contributed by atoms with Crippen LogP contribution in [0.5, 0.6) is 11.5 Å². The molecule has 0 spiro atoms. The van der Waals surface area contributed by atoms with E-state index >= 15 is 0 Å². The minimum absolute atomic E-state index is 0.0919. The van der Waals surface area contributed by atoms with E-state index in [-0.39, 0.29) is 75.0 Å². The molecular formula is C50H50N8O12S2. The lowest BCUT2D eigenvalue weighted by Gasteiger charge is -2.31. The van der Waals surface area contributed by atoms with Crippen LogP contribution in [-0.4, -0.2) is 121 Å². The van der Waals surface area contributed by atoms with Crippen LogP contribution < -0.4 is 36.1 Å². The lowest BCUT2D eigenvalue weighted by Crippen LogP contribution is -2.55. The standard InChI is InChI=1S/C50H50N8O12S2/c1-72(66,67)57-21-18-34(27-57)45(61)53-26-35(46(62)56-50-54-41(30-71-50)32-6-3-2-4-7-32)29-68-28-31-10-12-33(13-11-31)44(60)52-20-23-70-38-9-5-8-37(25-38)69-22-19-51-36-14-15-39-40(24-36)49(65)58(48(39)64)42-16-17-43(59)55-47(42)63/h2-15,18,21,24-25,27,30,35,42-43,51,59H,16-17,19-20,22-23,26,28-29H2,1H3,(H,52,60)(H,53,61)(H,55,63)(H,54,56,62). The first-order valence-corrected chi connectivity index (χ1v) is 25.5. The van der Waals surface area contributed by atoms with Crippen LogP contribution in [0.25, 0.3) is 11.3 Å². The van der Waals surface area contributed by atoms with Gasteiger partial charge in [0.15, 0.2) is 5.13 Å². The van der Waals surface area contributed by atoms with Gasteiger partial charge < -0.3 is 45.9 Å². The van der Waals surface area contributed by atoms with Gasteiger partial charge >= 0.3 is 0 Å². The zero-order valence-corrected chi connectivity index (χ0v) is 40.4. The predicted molar refractivity (Wildman–Crippen MR) is 265 cm³/mol. The Balaban J connectivity index is 0.758. The molecule has 20 nitrogen and oxygen atoms in total. The highest BCUT2D eigenvalue weighted by Crippen LogP contribution is 2.30. The second kappa shape index (κ2) is 22.9. The number of thiazole rings is 1. The highest BCUT2D eigenvalue weighted by atomic mass is 32.2. The number of benzene rings is 4. The number of piperidine rings is 1. The SMILES string of the molecule is CS(=O)(=O)n1ccc(C(=O)NCC(COCc2ccc(C(=O)NCCOc3cccc(OCCNc4ccc5c(c4)C(=O)N(C4CCC(O)NC4=O)C5=O)c3)cc2)C(=O)Nc2nc(-c3ccccc3)cs2)c1. The van der Waals surface area contributed by atoms with Crippen molar-refractivity contribution >= 4 is 67.6 Å². The predicted octanol–water partition coefficient (Wildman–Crippen LogP) is 4.11. The first-order chi connectivity index (χ1) is 34.7. The van der Waals surface area contributed by atoms with E-state index in [2.05, 4.69) is 31.6 Å². The van der Waals surface area contributed by atoms with Crippen LogP contribution in [0.1, 0.15) is 59.8 Å². The Morgan fingerprint density at radius 2 is 1.56 bits per heavy atom. The maximum absolute atomic E-state index is 13.5. The molecule has 0 saturated carbocycles. The number of hydrogen-bond acceptors (Lipinski definition) is 15. The maximum Gasteiger partial charge on any atom is 0.262 e. The second-order valence-electron chi connectivity index (χ2n) is 16.7. The zero-order chi connectivity index (χ0) is 50.8. The van der Waals surface area contributed by atoms with E-state index in [1.807, 2.05) is 35.7 Å². The summed E-state index contributed by atoms with van der Waals surface area (Å²) < 4.78 is 42.4. The second-order valence-corrected chi connectivity index (χ2v) is 19.5. The molecule has 3 atom stereocenters. The molecule has 0 bridgehead atoms.